The van der Waals surface area contributed by atoms with E-state index < -0.39 is 22.3 Å². The van der Waals surface area contributed by atoms with Crippen molar-refractivity contribution in [1.29, 1.82) is 0 Å². The Balaban J connectivity index is 2.31. The van der Waals surface area contributed by atoms with Gasteiger partial charge in [0, 0.05) is 0 Å². The van der Waals surface area contributed by atoms with Gasteiger partial charge in [0.25, 0.3) is 11.6 Å². The van der Waals surface area contributed by atoms with Gasteiger partial charge in [0.2, 0.25) is 0 Å². The Morgan fingerprint density at radius 3 is 2.70 bits per heavy atom. The number of halogens is 1. The van der Waals surface area contributed by atoms with E-state index in [2.05, 4.69) is 15.3 Å². The van der Waals surface area contributed by atoms with E-state index in [9.17, 15) is 19.3 Å². The third kappa shape index (κ3) is 2.83. The molecule has 9 heteroatoms. The molecule has 2 heterocycles. The van der Waals surface area contributed by atoms with Crippen molar-refractivity contribution in [3.63, 3.8) is 0 Å². The number of nitrogens with two attached hydrogens (primary N) is 1. The second-order valence-electron chi connectivity index (χ2n) is 3.70. The van der Waals surface area contributed by atoms with Gasteiger partial charge in [0.15, 0.2) is 0 Å². The monoisotopic (exact) mass is 277 g/mol. The van der Waals surface area contributed by atoms with Crippen LogP contribution in [0.5, 0.6) is 0 Å². The number of rotatable bonds is 3. The standard InChI is InChI=1S/C11H8FN5O3/c12-6-1-2-10(15-4-6)16-11(18)7-3-9(13)14-5-8(7)17(19)20/h1-5H,(H2,13,14)(H,15,16,18). The Bertz CT molecular complexity index is 674. The fourth-order valence-electron chi connectivity index (χ4n) is 1.43. The fourth-order valence-corrected chi connectivity index (χ4v) is 1.43. The summed E-state index contributed by atoms with van der Waals surface area (Å²) in [6.07, 6.45) is 1.80. The van der Waals surface area contributed by atoms with Gasteiger partial charge in [-0.05, 0) is 18.2 Å². The lowest BCUT2D eigenvalue weighted by atomic mass is 10.2. The van der Waals surface area contributed by atoms with E-state index in [1.54, 1.807) is 0 Å². The molecule has 0 saturated heterocycles. The first kappa shape index (κ1) is 13.3. The molecule has 102 valence electrons. The second-order valence-corrected chi connectivity index (χ2v) is 3.70. The summed E-state index contributed by atoms with van der Waals surface area (Å²) < 4.78 is 12.7. The maximum Gasteiger partial charge on any atom is 0.300 e. The first-order valence-electron chi connectivity index (χ1n) is 5.30. The van der Waals surface area contributed by atoms with Crippen molar-refractivity contribution >= 4 is 23.2 Å². The van der Waals surface area contributed by atoms with Gasteiger partial charge in [-0.3, -0.25) is 14.9 Å². The van der Waals surface area contributed by atoms with Crippen LogP contribution >= 0.6 is 0 Å². The van der Waals surface area contributed by atoms with Gasteiger partial charge in [-0.25, -0.2) is 14.4 Å². The number of nitrogens with one attached hydrogen (secondary N) is 1. The molecule has 0 unspecified atom stereocenters. The van der Waals surface area contributed by atoms with Gasteiger partial charge in [-0.15, -0.1) is 0 Å². The lowest BCUT2D eigenvalue weighted by Gasteiger charge is -2.05. The average Bonchev–Trinajstić information content (AvgIpc) is 2.41. The highest BCUT2D eigenvalue weighted by Gasteiger charge is 2.21. The normalized spacial score (nSPS) is 10.1. The zero-order valence-electron chi connectivity index (χ0n) is 9.91. The molecule has 2 aromatic rings. The van der Waals surface area contributed by atoms with Crippen molar-refractivity contribution < 1.29 is 14.1 Å². The van der Waals surface area contributed by atoms with Crippen molar-refractivity contribution in [1.82, 2.24) is 9.97 Å². The first-order chi connectivity index (χ1) is 9.47. The third-order valence-electron chi connectivity index (χ3n) is 2.31. The number of hydrogen-bond donors (Lipinski definition) is 2. The molecule has 0 aliphatic heterocycles. The third-order valence-corrected chi connectivity index (χ3v) is 2.31. The van der Waals surface area contributed by atoms with Gasteiger partial charge in [-0.1, -0.05) is 0 Å². The molecule has 0 aliphatic rings. The van der Waals surface area contributed by atoms with E-state index in [4.69, 9.17) is 5.73 Å². The number of carbonyl (C=O) groups excluding carboxylic acids is 1. The lowest BCUT2D eigenvalue weighted by Crippen LogP contribution is -2.15. The Morgan fingerprint density at radius 1 is 1.35 bits per heavy atom. The molecular weight excluding hydrogens is 269 g/mol. The number of nitrogens with zero attached hydrogens (tertiary/aromatic N) is 3. The summed E-state index contributed by atoms with van der Waals surface area (Å²) in [5.41, 5.74) is 4.66. The van der Waals surface area contributed by atoms with Crippen molar-refractivity contribution in [2.24, 2.45) is 0 Å². The van der Waals surface area contributed by atoms with Crippen LogP contribution in [0.1, 0.15) is 10.4 Å². The van der Waals surface area contributed by atoms with Crippen LogP contribution in [0.2, 0.25) is 0 Å². The molecule has 0 fully saturated rings. The summed E-state index contributed by atoms with van der Waals surface area (Å²) in [7, 11) is 0. The number of amides is 1. The van der Waals surface area contributed by atoms with Gasteiger partial charge < -0.3 is 11.1 Å². The zero-order valence-corrected chi connectivity index (χ0v) is 9.91. The van der Waals surface area contributed by atoms with Gasteiger partial charge in [0.05, 0.1) is 11.1 Å². The number of aromatic nitrogens is 2. The minimum Gasteiger partial charge on any atom is -0.384 e. The highest BCUT2D eigenvalue weighted by molar-refractivity contribution is 6.06. The maximum absolute atomic E-state index is 12.7. The Hall–Kier alpha value is -3.10. The molecule has 0 bridgehead atoms. The maximum atomic E-state index is 12.7. The van der Waals surface area contributed by atoms with Crippen LogP contribution in [0, 0.1) is 15.9 Å². The largest absolute Gasteiger partial charge is 0.384 e. The van der Waals surface area contributed by atoms with Crippen molar-refractivity contribution in [2.45, 2.75) is 0 Å². The van der Waals surface area contributed by atoms with Crippen LogP contribution < -0.4 is 11.1 Å². The number of carbonyl (C=O) groups is 1. The van der Waals surface area contributed by atoms with Crippen LogP contribution in [-0.4, -0.2) is 20.8 Å². The summed E-state index contributed by atoms with van der Waals surface area (Å²) >= 11 is 0. The molecule has 0 radical (unpaired) electrons. The molecule has 0 saturated carbocycles. The smallest absolute Gasteiger partial charge is 0.300 e. The van der Waals surface area contributed by atoms with Crippen LogP contribution in [-0.2, 0) is 0 Å². The molecule has 3 N–H and O–H groups in total. The predicted molar refractivity (Wildman–Crippen MR) is 67.5 cm³/mol. The van der Waals surface area contributed by atoms with E-state index in [-0.39, 0.29) is 17.2 Å². The molecule has 0 atom stereocenters. The fraction of sp³-hybridized carbons (Fsp3) is 0. The number of anilines is 2. The summed E-state index contributed by atoms with van der Waals surface area (Å²) in [4.78, 5) is 29.2. The highest BCUT2D eigenvalue weighted by atomic mass is 19.1. The van der Waals surface area contributed by atoms with Gasteiger partial charge in [-0.2, -0.15) is 0 Å². The first-order valence-corrected chi connectivity index (χ1v) is 5.30. The number of nitro groups is 1. The summed E-state index contributed by atoms with van der Waals surface area (Å²) in [5, 5.41) is 13.1. The van der Waals surface area contributed by atoms with Crippen LogP contribution in [0.3, 0.4) is 0 Å². The van der Waals surface area contributed by atoms with Gasteiger partial charge in [0.1, 0.15) is 29.2 Å². The van der Waals surface area contributed by atoms with E-state index in [1.165, 1.54) is 6.07 Å². The number of hydrogen-bond acceptors (Lipinski definition) is 6. The minimum absolute atomic E-state index is 0.0344. The molecule has 0 aromatic carbocycles. The van der Waals surface area contributed by atoms with Crippen molar-refractivity contribution in [3.8, 4) is 0 Å². The summed E-state index contributed by atoms with van der Waals surface area (Å²) in [5.74, 6) is -1.33. The van der Waals surface area contributed by atoms with Crippen LogP contribution in [0.4, 0.5) is 21.7 Å². The van der Waals surface area contributed by atoms with Crippen LogP contribution in [0.15, 0.2) is 30.6 Å². The topological polar surface area (TPSA) is 124 Å². The summed E-state index contributed by atoms with van der Waals surface area (Å²) in [6, 6.07) is 3.40. The van der Waals surface area contributed by atoms with Gasteiger partial charge >= 0.3 is 0 Å². The molecule has 0 spiro atoms. The molecular formula is C11H8FN5O3. The molecule has 1 amide bonds. The quantitative estimate of drug-likeness (QED) is 0.644. The summed E-state index contributed by atoms with van der Waals surface area (Å²) in [6.45, 7) is 0. The molecule has 2 aromatic heterocycles. The second kappa shape index (κ2) is 5.26. The predicted octanol–water partition coefficient (Wildman–Crippen LogP) is 1.36. The SMILES string of the molecule is Nc1cc(C(=O)Nc2ccc(F)cn2)c([N+](=O)[O-])cn1. The van der Waals surface area contributed by atoms with Crippen molar-refractivity contribution in [2.75, 3.05) is 11.1 Å². The van der Waals surface area contributed by atoms with E-state index >= 15 is 0 Å². The molecule has 0 aliphatic carbocycles. The van der Waals surface area contributed by atoms with E-state index in [1.807, 2.05) is 0 Å². The molecule has 20 heavy (non-hydrogen) atoms. The van der Waals surface area contributed by atoms with E-state index in [0.717, 1.165) is 24.5 Å². The molecule has 8 nitrogen and oxygen atoms in total. The Morgan fingerprint density at radius 2 is 2.10 bits per heavy atom. The number of pyridine rings is 2. The minimum atomic E-state index is -0.787. The average molecular weight is 277 g/mol. The van der Waals surface area contributed by atoms with Crippen LogP contribution in [0.25, 0.3) is 0 Å². The van der Waals surface area contributed by atoms with E-state index in [0.29, 0.717) is 0 Å². The Kier molecular flexibility index (Phi) is 3.51. The zero-order chi connectivity index (χ0) is 14.7. The lowest BCUT2D eigenvalue weighted by molar-refractivity contribution is -0.385. The van der Waals surface area contributed by atoms with Crippen molar-refractivity contribution in [3.05, 3.63) is 52.1 Å². The Labute approximate surface area is 111 Å². The highest BCUT2D eigenvalue weighted by Crippen LogP contribution is 2.20. The number of nitrogen functional groups attached to an aromatic ring is 1. The molecule has 2 rings (SSSR count).